The van der Waals surface area contributed by atoms with Crippen LogP contribution >= 0.6 is 0 Å². The lowest BCUT2D eigenvalue weighted by Crippen LogP contribution is -2.04. The average molecular weight is 431 g/mol. The fourth-order valence-electron chi connectivity index (χ4n) is 4.73. The summed E-state index contributed by atoms with van der Waals surface area (Å²) in [5, 5.41) is 2.02. The Morgan fingerprint density at radius 1 is 0.906 bits per heavy atom. The molecule has 0 spiro atoms. The SMILES string of the molecule is CCCCCCOc1c2c(c(-c3ccc4c(c3)OCO4)c3c4c(ccc13)OCO4)C=NC2. The molecule has 0 atom stereocenters. The van der Waals surface area contributed by atoms with Crippen LogP contribution in [-0.2, 0) is 6.54 Å². The maximum atomic E-state index is 6.41. The summed E-state index contributed by atoms with van der Waals surface area (Å²) in [6.07, 6.45) is 6.61. The fraction of sp³-hybridized carbons (Fsp3) is 0.346. The smallest absolute Gasteiger partial charge is 0.231 e. The highest BCUT2D eigenvalue weighted by molar-refractivity contribution is 6.13. The van der Waals surface area contributed by atoms with Gasteiger partial charge in [0.1, 0.15) is 5.75 Å². The van der Waals surface area contributed by atoms with Crippen molar-refractivity contribution in [3.8, 4) is 39.9 Å². The molecular weight excluding hydrogens is 406 g/mol. The third-order valence-electron chi connectivity index (χ3n) is 6.28. The standard InChI is InChI=1S/C26H25NO5/c1-2-3-4-5-10-28-25-17-7-9-21-26(32-15-30-21)24(17)23(18-12-27-13-19(18)25)16-6-8-20-22(11-16)31-14-29-20/h6-9,11-12H,2-5,10,13-15H2,1H3. The van der Waals surface area contributed by atoms with E-state index in [9.17, 15) is 0 Å². The minimum atomic E-state index is 0.216. The lowest BCUT2D eigenvalue weighted by molar-refractivity contribution is 0.174. The number of hydrogen-bond donors (Lipinski definition) is 0. The molecule has 6 rings (SSSR count). The molecule has 0 bridgehead atoms. The number of rotatable bonds is 7. The zero-order valence-electron chi connectivity index (χ0n) is 18.1. The van der Waals surface area contributed by atoms with Gasteiger partial charge in [-0.3, -0.25) is 4.99 Å². The van der Waals surface area contributed by atoms with Crippen LogP contribution in [0.1, 0.15) is 43.7 Å². The van der Waals surface area contributed by atoms with Crippen molar-refractivity contribution >= 4 is 17.0 Å². The topological polar surface area (TPSA) is 58.5 Å². The summed E-state index contributed by atoms with van der Waals surface area (Å²) < 4.78 is 29.3. The summed E-state index contributed by atoms with van der Waals surface area (Å²) in [4.78, 5) is 4.61. The summed E-state index contributed by atoms with van der Waals surface area (Å²) in [6, 6.07) is 10.1. The van der Waals surface area contributed by atoms with Gasteiger partial charge >= 0.3 is 0 Å². The minimum absolute atomic E-state index is 0.216. The van der Waals surface area contributed by atoms with Crippen LogP contribution < -0.4 is 23.7 Å². The van der Waals surface area contributed by atoms with E-state index in [-0.39, 0.29) is 13.6 Å². The summed E-state index contributed by atoms with van der Waals surface area (Å²) in [5.74, 6) is 3.93. The van der Waals surface area contributed by atoms with E-state index in [1.165, 1.54) is 19.3 Å². The molecule has 0 aliphatic carbocycles. The summed E-state index contributed by atoms with van der Waals surface area (Å²) in [7, 11) is 0. The molecule has 164 valence electrons. The van der Waals surface area contributed by atoms with Gasteiger partial charge in [0, 0.05) is 33.7 Å². The number of ether oxygens (including phenoxy) is 5. The Morgan fingerprint density at radius 2 is 1.75 bits per heavy atom. The number of aliphatic imine (C=N–C) groups is 1. The van der Waals surface area contributed by atoms with E-state index in [1.54, 1.807) is 0 Å². The molecule has 0 N–H and O–H groups in total. The van der Waals surface area contributed by atoms with Crippen LogP contribution in [0.3, 0.4) is 0 Å². The van der Waals surface area contributed by atoms with Crippen LogP contribution in [0.25, 0.3) is 21.9 Å². The highest BCUT2D eigenvalue weighted by Gasteiger charge is 2.29. The second-order valence-electron chi connectivity index (χ2n) is 8.27. The largest absolute Gasteiger partial charge is 0.493 e. The molecule has 32 heavy (non-hydrogen) atoms. The summed E-state index contributed by atoms with van der Waals surface area (Å²) >= 11 is 0. The van der Waals surface area contributed by atoms with Gasteiger partial charge < -0.3 is 23.7 Å². The molecular formula is C26H25NO5. The van der Waals surface area contributed by atoms with Crippen molar-refractivity contribution in [2.45, 2.75) is 39.2 Å². The number of fused-ring (bicyclic) bond motifs is 5. The average Bonchev–Trinajstić information content (AvgIpc) is 3.57. The molecule has 0 amide bonds. The molecule has 0 radical (unpaired) electrons. The molecule has 0 saturated heterocycles. The third kappa shape index (κ3) is 3.05. The normalized spacial score (nSPS) is 14.9. The molecule has 0 fully saturated rings. The van der Waals surface area contributed by atoms with E-state index in [2.05, 4.69) is 24.0 Å². The molecule has 3 aromatic carbocycles. The van der Waals surface area contributed by atoms with Crippen LogP contribution in [0.5, 0.6) is 28.7 Å². The van der Waals surface area contributed by atoms with Gasteiger partial charge in [-0.05, 0) is 36.2 Å². The van der Waals surface area contributed by atoms with Crippen molar-refractivity contribution < 1.29 is 23.7 Å². The molecule has 3 aliphatic rings. The first-order chi connectivity index (χ1) is 15.8. The Labute approximate surface area is 186 Å². The maximum absolute atomic E-state index is 6.41. The van der Waals surface area contributed by atoms with E-state index >= 15 is 0 Å². The quantitative estimate of drug-likeness (QED) is 0.439. The van der Waals surface area contributed by atoms with Crippen LogP contribution in [0.15, 0.2) is 35.3 Å². The Kier molecular flexibility index (Phi) is 4.78. The second kappa shape index (κ2) is 7.93. The first-order valence-electron chi connectivity index (χ1n) is 11.3. The van der Waals surface area contributed by atoms with Gasteiger partial charge in [0.25, 0.3) is 0 Å². The predicted octanol–water partition coefficient (Wildman–Crippen LogP) is 5.86. The van der Waals surface area contributed by atoms with Crippen LogP contribution in [0.4, 0.5) is 0 Å². The molecule has 0 aromatic heterocycles. The molecule has 0 saturated carbocycles. The second-order valence-corrected chi connectivity index (χ2v) is 8.27. The first-order valence-corrected chi connectivity index (χ1v) is 11.3. The van der Waals surface area contributed by atoms with E-state index in [0.717, 1.165) is 68.2 Å². The Balaban J connectivity index is 1.54. The van der Waals surface area contributed by atoms with Gasteiger partial charge in [0.15, 0.2) is 23.0 Å². The number of nitrogens with zero attached hydrogens (tertiary/aromatic N) is 1. The van der Waals surface area contributed by atoms with Crippen molar-refractivity contribution in [1.29, 1.82) is 0 Å². The lowest BCUT2D eigenvalue weighted by atomic mass is 9.89. The van der Waals surface area contributed by atoms with Gasteiger partial charge in [-0.2, -0.15) is 0 Å². The van der Waals surface area contributed by atoms with Crippen molar-refractivity contribution in [3.63, 3.8) is 0 Å². The highest BCUT2D eigenvalue weighted by Crippen LogP contribution is 2.51. The highest BCUT2D eigenvalue weighted by atomic mass is 16.7. The number of hydrogen-bond acceptors (Lipinski definition) is 6. The van der Waals surface area contributed by atoms with Gasteiger partial charge in [-0.1, -0.05) is 32.3 Å². The fourth-order valence-corrected chi connectivity index (χ4v) is 4.73. The minimum Gasteiger partial charge on any atom is -0.493 e. The third-order valence-corrected chi connectivity index (χ3v) is 6.28. The predicted molar refractivity (Wildman–Crippen MR) is 123 cm³/mol. The molecule has 3 aliphatic heterocycles. The van der Waals surface area contributed by atoms with Gasteiger partial charge in [-0.25, -0.2) is 0 Å². The van der Waals surface area contributed by atoms with E-state index < -0.39 is 0 Å². The van der Waals surface area contributed by atoms with Crippen molar-refractivity contribution in [2.24, 2.45) is 4.99 Å². The van der Waals surface area contributed by atoms with E-state index in [1.807, 2.05) is 24.4 Å². The van der Waals surface area contributed by atoms with Crippen molar-refractivity contribution in [2.75, 3.05) is 20.2 Å². The summed E-state index contributed by atoms with van der Waals surface area (Å²) in [5.41, 5.74) is 4.29. The Hall–Kier alpha value is -3.41. The van der Waals surface area contributed by atoms with E-state index in [4.69, 9.17) is 23.7 Å². The van der Waals surface area contributed by atoms with Crippen molar-refractivity contribution in [3.05, 3.63) is 41.5 Å². The molecule has 6 nitrogen and oxygen atoms in total. The number of benzene rings is 3. The lowest BCUT2D eigenvalue weighted by Gasteiger charge is -2.19. The van der Waals surface area contributed by atoms with E-state index in [0.29, 0.717) is 13.2 Å². The maximum Gasteiger partial charge on any atom is 0.231 e. The molecule has 3 heterocycles. The van der Waals surface area contributed by atoms with Crippen LogP contribution in [-0.4, -0.2) is 26.4 Å². The van der Waals surface area contributed by atoms with Gasteiger partial charge in [0.05, 0.1) is 13.2 Å². The zero-order valence-corrected chi connectivity index (χ0v) is 18.1. The monoisotopic (exact) mass is 431 g/mol. The van der Waals surface area contributed by atoms with Crippen LogP contribution in [0.2, 0.25) is 0 Å². The Morgan fingerprint density at radius 3 is 2.69 bits per heavy atom. The molecule has 3 aromatic rings. The van der Waals surface area contributed by atoms with Crippen molar-refractivity contribution in [1.82, 2.24) is 0 Å². The first kappa shape index (κ1) is 19.3. The van der Waals surface area contributed by atoms with Gasteiger partial charge in [0.2, 0.25) is 13.6 Å². The van der Waals surface area contributed by atoms with Crippen LogP contribution in [0, 0.1) is 0 Å². The Bertz CT molecular complexity index is 1230. The zero-order chi connectivity index (χ0) is 21.5. The number of unbranched alkanes of at least 4 members (excludes halogenated alkanes) is 3. The summed E-state index contributed by atoms with van der Waals surface area (Å²) in [6.45, 7) is 3.99. The van der Waals surface area contributed by atoms with Gasteiger partial charge in [-0.15, -0.1) is 0 Å². The molecule has 6 heteroatoms. The molecule has 0 unspecified atom stereocenters.